The summed E-state index contributed by atoms with van der Waals surface area (Å²) in [6, 6.07) is 0.409. The molecule has 0 aromatic heterocycles. The van der Waals surface area contributed by atoms with E-state index in [0.29, 0.717) is 23.6 Å². The highest BCUT2D eigenvalue weighted by Crippen LogP contribution is 2.30. The normalized spacial score (nSPS) is 23.8. The van der Waals surface area contributed by atoms with Gasteiger partial charge in [0.25, 0.3) is 0 Å². The Morgan fingerprint density at radius 1 is 1.30 bits per heavy atom. The van der Waals surface area contributed by atoms with Crippen molar-refractivity contribution < 1.29 is 4.79 Å². The molecule has 1 saturated carbocycles. The van der Waals surface area contributed by atoms with E-state index < -0.39 is 0 Å². The Kier molecular flexibility index (Phi) is 9.36. The fraction of sp³-hybridized carbons (Fsp3) is 0.938. The number of carbonyl (C=O) groups excluding carboxylic acids is 1. The first-order valence-electron chi connectivity index (χ1n) is 8.32. The van der Waals surface area contributed by atoms with Crippen LogP contribution >= 0.6 is 11.8 Å². The summed E-state index contributed by atoms with van der Waals surface area (Å²) in [7, 11) is 0. The van der Waals surface area contributed by atoms with Crippen LogP contribution in [0.4, 0.5) is 0 Å². The summed E-state index contributed by atoms with van der Waals surface area (Å²) in [5.41, 5.74) is 5.65. The average Bonchev–Trinajstić information content (AvgIpc) is 2.84. The first kappa shape index (κ1) is 17.8. The van der Waals surface area contributed by atoms with Gasteiger partial charge in [-0.2, -0.15) is 11.8 Å². The van der Waals surface area contributed by atoms with Crippen molar-refractivity contribution in [3.8, 4) is 0 Å². The molecule has 3 N–H and O–H groups in total. The Morgan fingerprint density at radius 3 is 2.75 bits per heavy atom. The fourth-order valence-corrected chi connectivity index (χ4v) is 4.39. The van der Waals surface area contributed by atoms with Crippen LogP contribution in [0.3, 0.4) is 0 Å². The maximum Gasteiger partial charge on any atom is 0.220 e. The lowest BCUT2D eigenvalue weighted by Gasteiger charge is -2.21. The summed E-state index contributed by atoms with van der Waals surface area (Å²) in [4.78, 5) is 12.1. The third kappa shape index (κ3) is 6.49. The number of carbonyl (C=O) groups is 1. The summed E-state index contributed by atoms with van der Waals surface area (Å²) in [5, 5.41) is 3.90. The maximum absolute atomic E-state index is 12.1. The molecule has 0 saturated heterocycles. The molecule has 1 fully saturated rings. The number of hydrogen-bond donors (Lipinski definition) is 2. The van der Waals surface area contributed by atoms with Gasteiger partial charge < -0.3 is 11.1 Å². The molecule has 3 atom stereocenters. The lowest BCUT2D eigenvalue weighted by atomic mass is 9.94. The molecular formula is C16H32N2OS. The van der Waals surface area contributed by atoms with E-state index in [1.54, 1.807) is 0 Å². The van der Waals surface area contributed by atoms with Crippen LogP contribution in [0.2, 0.25) is 0 Å². The summed E-state index contributed by atoms with van der Waals surface area (Å²) in [6.07, 6.45) is 8.78. The molecule has 3 nitrogen and oxygen atoms in total. The zero-order valence-electron chi connectivity index (χ0n) is 13.2. The highest BCUT2D eigenvalue weighted by Gasteiger charge is 2.28. The second-order valence-electron chi connectivity index (χ2n) is 5.87. The zero-order chi connectivity index (χ0) is 14.8. The molecule has 0 aliphatic heterocycles. The van der Waals surface area contributed by atoms with Gasteiger partial charge in [-0.1, -0.05) is 33.1 Å². The highest BCUT2D eigenvalue weighted by atomic mass is 32.2. The van der Waals surface area contributed by atoms with E-state index in [9.17, 15) is 4.79 Å². The van der Waals surface area contributed by atoms with Gasteiger partial charge in [0.15, 0.2) is 0 Å². The van der Waals surface area contributed by atoms with Gasteiger partial charge in [0.1, 0.15) is 0 Å². The molecule has 0 aromatic rings. The van der Waals surface area contributed by atoms with E-state index in [4.69, 9.17) is 5.73 Å². The SMILES string of the molecule is CCCC(CCN)CCC(=O)NC1CCCC1SCC. The molecule has 20 heavy (non-hydrogen) atoms. The number of rotatable bonds is 10. The van der Waals surface area contributed by atoms with E-state index in [2.05, 4.69) is 19.2 Å². The summed E-state index contributed by atoms with van der Waals surface area (Å²) in [6.45, 7) is 5.14. The second kappa shape index (κ2) is 10.5. The Bertz CT molecular complexity index is 267. The van der Waals surface area contributed by atoms with Crippen molar-refractivity contribution in [1.82, 2.24) is 5.32 Å². The van der Waals surface area contributed by atoms with Crippen LogP contribution in [0.15, 0.2) is 0 Å². The second-order valence-corrected chi connectivity index (χ2v) is 7.39. The van der Waals surface area contributed by atoms with Crippen LogP contribution in [0.25, 0.3) is 0 Å². The third-order valence-electron chi connectivity index (χ3n) is 4.23. The number of nitrogens with two attached hydrogens (primary N) is 1. The van der Waals surface area contributed by atoms with Gasteiger partial charge >= 0.3 is 0 Å². The molecule has 1 aliphatic rings. The third-order valence-corrected chi connectivity index (χ3v) is 5.56. The molecule has 1 rings (SSSR count). The molecule has 1 amide bonds. The zero-order valence-corrected chi connectivity index (χ0v) is 14.0. The minimum atomic E-state index is 0.247. The topological polar surface area (TPSA) is 55.1 Å². The number of nitrogens with one attached hydrogen (secondary N) is 1. The highest BCUT2D eigenvalue weighted by molar-refractivity contribution is 7.99. The first-order chi connectivity index (χ1) is 9.71. The summed E-state index contributed by atoms with van der Waals surface area (Å²) >= 11 is 2.00. The lowest BCUT2D eigenvalue weighted by Crippen LogP contribution is -2.38. The van der Waals surface area contributed by atoms with Crippen LogP contribution in [0.5, 0.6) is 0 Å². The van der Waals surface area contributed by atoms with E-state index in [0.717, 1.165) is 31.6 Å². The van der Waals surface area contributed by atoms with Gasteiger partial charge in [-0.05, 0) is 43.9 Å². The smallest absolute Gasteiger partial charge is 0.220 e. The van der Waals surface area contributed by atoms with Crippen molar-refractivity contribution in [2.75, 3.05) is 12.3 Å². The van der Waals surface area contributed by atoms with E-state index in [1.165, 1.54) is 25.7 Å². The molecular weight excluding hydrogens is 268 g/mol. The minimum Gasteiger partial charge on any atom is -0.352 e. The predicted octanol–water partition coefficient (Wildman–Crippen LogP) is 3.32. The van der Waals surface area contributed by atoms with Gasteiger partial charge in [0, 0.05) is 17.7 Å². The minimum absolute atomic E-state index is 0.247. The average molecular weight is 301 g/mol. The molecule has 1 aliphatic carbocycles. The van der Waals surface area contributed by atoms with Crippen molar-refractivity contribution in [1.29, 1.82) is 0 Å². The van der Waals surface area contributed by atoms with Gasteiger partial charge in [-0.15, -0.1) is 0 Å². The van der Waals surface area contributed by atoms with Gasteiger partial charge in [-0.3, -0.25) is 4.79 Å². The van der Waals surface area contributed by atoms with Crippen molar-refractivity contribution >= 4 is 17.7 Å². The van der Waals surface area contributed by atoms with E-state index >= 15 is 0 Å². The predicted molar refractivity (Wildman–Crippen MR) is 89.0 cm³/mol. The summed E-state index contributed by atoms with van der Waals surface area (Å²) in [5.74, 6) is 2.02. The summed E-state index contributed by atoms with van der Waals surface area (Å²) < 4.78 is 0. The van der Waals surface area contributed by atoms with Gasteiger partial charge in [0.2, 0.25) is 5.91 Å². The Balaban J connectivity index is 2.28. The van der Waals surface area contributed by atoms with Crippen molar-refractivity contribution in [2.45, 2.75) is 76.5 Å². The molecule has 0 spiro atoms. The van der Waals surface area contributed by atoms with Crippen molar-refractivity contribution in [2.24, 2.45) is 11.7 Å². The molecule has 0 aromatic carbocycles. The quantitative estimate of drug-likeness (QED) is 0.651. The van der Waals surface area contributed by atoms with Crippen molar-refractivity contribution in [3.05, 3.63) is 0 Å². The maximum atomic E-state index is 12.1. The number of hydrogen-bond acceptors (Lipinski definition) is 3. The molecule has 0 heterocycles. The van der Waals surface area contributed by atoms with Gasteiger partial charge in [0.05, 0.1) is 0 Å². The lowest BCUT2D eigenvalue weighted by molar-refractivity contribution is -0.122. The van der Waals surface area contributed by atoms with Crippen LogP contribution < -0.4 is 11.1 Å². The molecule has 4 heteroatoms. The number of thioether (sulfide) groups is 1. The number of amides is 1. The molecule has 3 unspecified atom stereocenters. The standard InChI is InChI=1S/C16H32N2OS/c1-3-6-13(11-12-17)9-10-16(19)18-14-7-5-8-15(14)20-4-2/h13-15H,3-12,17H2,1-2H3,(H,18,19). The van der Waals surface area contributed by atoms with Crippen LogP contribution in [0.1, 0.15) is 65.2 Å². The Labute approximate surface area is 128 Å². The molecule has 0 radical (unpaired) electrons. The Hall–Kier alpha value is -0.220. The largest absolute Gasteiger partial charge is 0.352 e. The van der Waals surface area contributed by atoms with E-state index in [1.807, 2.05) is 11.8 Å². The molecule has 0 bridgehead atoms. The molecule has 118 valence electrons. The van der Waals surface area contributed by atoms with Gasteiger partial charge in [-0.25, -0.2) is 0 Å². The van der Waals surface area contributed by atoms with Crippen LogP contribution in [-0.4, -0.2) is 29.5 Å². The van der Waals surface area contributed by atoms with Crippen LogP contribution in [0, 0.1) is 5.92 Å². The fourth-order valence-electron chi connectivity index (χ4n) is 3.20. The van der Waals surface area contributed by atoms with Crippen LogP contribution in [-0.2, 0) is 4.79 Å². The first-order valence-corrected chi connectivity index (χ1v) is 9.37. The Morgan fingerprint density at radius 2 is 2.10 bits per heavy atom. The van der Waals surface area contributed by atoms with E-state index in [-0.39, 0.29) is 5.91 Å². The van der Waals surface area contributed by atoms with Crippen molar-refractivity contribution in [3.63, 3.8) is 0 Å². The monoisotopic (exact) mass is 300 g/mol.